The second-order valence-corrected chi connectivity index (χ2v) is 6.44. The second kappa shape index (κ2) is 5.88. The molecule has 0 atom stereocenters. The summed E-state index contributed by atoms with van der Waals surface area (Å²) >= 11 is -0.277. The molecule has 1 N–H and O–H groups in total. The Morgan fingerprint density at radius 3 is 2.43 bits per heavy atom. The van der Waals surface area contributed by atoms with Crippen molar-refractivity contribution in [2.45, 2.75) is 35.8 Å². The number of alkyl halides is 3. The van der Waals surface area contributed by atoms with Gasteiger partial charge in [-0.3, -0.25) is 4.79 Å². The van der Waals surface area contributed by atoms with Gasteiger partial charge < -0.3 is 10.0 Å². The third kappa shape index (κ3) is 4.38. The highest BCUT2D eigenvalue weighted by atomic mass is 32.2. The maximum atomic E-state index is 12.5. The van der Waals surface area contributed by atoms with Crippen LogP contribution in [0.1, 0.15) is 30.1 Å². The first kappa shape index (κ1) is 16.2. The molecule has 21 heavy (non-hydrogen) atoms. The van der Waals surface area contributed by atoms with E-state index in [9.17, 15) is 23.1 Å². The number of rotatable bonds is 2. The number of amides is 1. The molecule has 0 radical (unpaired) electrons. The molecule has 7 heteroatoms. The zero-order valence-corrected chi connectivity index (χ0v) is 12.3. The van der Waals surface area contributed by atoms with Crippen LogP contribution < -0.4 is 0 Å². The molecule has 0 aromatic heterocycles. The van der Waals surface area contributed by atoms with Crippen LogP contribution in [0.25, 0.3) is 0 Å². The highest BCUT2D eigenvalue weighted by Gasteiger charge is 2.34. The number of nitrogens with zero attached hydrogens (tertiary/aromatic N) is 1. The first-order valence-corrected chi connectivity index (χ1v) is 7.36. The minimum Gasteiger partial charge on any atom is -0.390 e. The van der Waals surface area contributed by atoms with Gasteiger partial charge in [-0.15, -0.1) is 0 Å². The smallest absolute Gasteiger partial charge is 0.390 e. The molecule has 1 saturated heterocycles. The van der Waals surface area contributed by atoms with Crippen molar-refractivity contribution in [1.29, 1.82) is 0 Å². The number of thioether (sulfide) groups is 1. The van der Waals surface area contributed by atoms with Gasteiger partial charge in [0.1, 0.15) is 0 Å². The van der Waals surface area contributed by atoms with Gasteiger partial charge in [0.25, 0.3) is 5.91 Å². The van der Waals surface area contributed by atoms with Crippen molar-refractivity contribution in [2.75, 3.05) is 13.1 Å². The van der Waals surface area contributed by atoms with Crippen LogP contribution in [0.15, 0.2) is 29.2 Å². The standard InChI is InChI=1S/C14H16F3NO2S/c1-13(20)6-8-18(9-7-13)12(19)10-4-2-3-5-11(10)21-14(15,16)17/h2-5,20H,6-9H2,1H3. The number of hydrogen-bond acceptors (Lipinski definition) is 3. The monoisotopic (exact) mass is 319 g/mol. The number of aliphatic hydroxyl groups is 1. The molecule has 1 heterocycles. The summed E-state index contributed by atoms with van der Waals surface area (Å²) in [7, 11) is 0. The minimum absolute atomic E-state index is 0.0568. The van der Waals surface area contributed by atoms with E-state index in [4.69, 9.17) is 0 Å². The number of piperidine rings is 1. The molecule has 1 aromatic carbocycles. The highest BCUT2D eigenvalue weighted by Crippen LogP contribution is 2.39. The van der Waals surface area contributed by atoms with Gasteiger partial charge in [0.15, 0.2) is 0 Å². The number of carbonyl (C=O) groups excluding carboxylic acids is 1. The number of carbonyl (C=O) groups is 1. The van der Waals surface area contributed by atoms with E-state index < -0.39 is 17.0 Å². The van der Waals surface area contributed by atoms with Gasteiger partial charge in [0.2, 0.25) is 0 Å². The van der Waals surface area contributed by atoms with E-state index in [-0.39, 0.29) is 22.2 Å². The fourth-order valence-electron chi connectivity index (χ4n) is 2.22. The van der Waals surface area contributed by atoms with Crippen LogP contribution in [0.3, 0.4) is 0 Å². The van der Waals surface area contributed by atoms with Crippen LogP contribution in [-0.4, -0.2) is 40.1 Å². The molecule has 0 spiro atoms. The van der Waals surface area contributed by atoms with Crippen LogP contribution in [-0.2, 0) is 0 Å². The molecule has 0 unspecified atom stereocenters. The van der Waals surface area contributed by atoms with Gasteiger partial charge in [-0.05, 0) is 43.7 Å². The molecule has 1 aromatic rings. The molecule has 3 nitrogen and oxygen atoms in total. The first-order chi connectivity index (χ1) is 9.68. The maximum absolute atomic E-state index is 12.5. The van der Waals surface area contributed by atoms with Gasteiger partial charge in [-0.2, -0.15) is 13.2 Å². The molecule has 2 rings (SSSR count). The van der Waals surface area contributed by atoms with E-state index >= 15 is 0 Å². The Kier molecular flexibility index (Phi) is 4.53. The van der Waals surface area contributed by atoms with Gasteiger partial charge >= 0.3 is 5.51 Å². The third-order valence-corrected chi connectivity index (χ3v) is 4.28. The van der Waals surface area contributed by atoms with Crippen molar-refractivity contribution in [3.63, 3.8) is 0 Å². The van der Waals surface area contributed by atoms with Gasteiger partial charge in [-0.1, -0.05) is 12.1 Å². The minimum atomic E-state index is -4.43. The molecule has 1 fully saturated rings. The average Bonchev–Trinajstić information content (AvgIpc) is 2.37. The Balaban J connectivity index is 2.16. The van der Waals surface area contributed by atoms with Crippen LogP contribution >= 0.6 is 11.8 Å². The SMILES string of the molecule is CC1(O)CCN(C(=O)c2ccccc2SC(F)(F)F)CC1. The highest BCUT2D eigenvalue weighted by molar-refractivity contribution is 8.00. The molecule has 1 amide bonds. The third-order valence-electron chi connectivity index (χ3n) is 3.47. The summed E-state index contributed by atoms with van der Waals surface area (Å²) in [5.74, 6) is -0.419. The largest absolute Gasteiger partial charge is 0.446 e. The predicted molar refractivity (Wildman–Crippen MR) is 74.1 cm³/mol. The number of halogens is 3. The van der Waals surface area contributed by atoms with E-state index in [0.29, 0.717) is 25.9 Å². The lowest BCUT2D eigenvalue weighted by atomic mass is 9.93. The van der Waals surface area contributed by atoms with Gasteiger partial charge in [0, 0.05) is 18.0 Å². The van der Waals surface area contributed by atoms with Crippen molar-refractivity contribution in [3.8, 4) is 0 Å². The molecule has 1 aliphatic heterocycles. The Bertz CT molecular complexity index is 521. The van der Waals surface area contributed by atoms with Crippen molar-refractivity contribution in [2.24, 2.45) is 0 Å². The average molecular weight is 319 g/mol. The topological polar surface area (TPSA) is 40.5 Å². The lowest BCUT2D eigenvalue weighted by molar-refractivity contribution is -0.0328. The molecule has 0 saturated carbocycles. The lowest BCUT2D eigenvalue weighted by Gasteiger charge is -2.36. The fraction of sp³-hybridized carbons (Fsp3) is 0.500. The van der Waals surface area contributed by atoms with Crippen LogP contribution in [0.2, 0.25) is 0 Å². The summed E-state index contributed by atoms with van der Waals surface area (Å²) < 4.78 is 37.6. The number of likely N-dealkylation sites (tertiary alicyclic amines) is 1. The van der Waals surface area contributed by atoms with Crippen LogP contribution in [0, 0.1) is 0 Å². The normalized spacial score (nSPS) is 18.6. The molecule has 0 aliphatic carbocycles. The summed E-state index contributed by atoms with van der Waals surface area (Å²) in [5.41, 5.74) is -5.18. The zero-order chi connectivity index (χ0) is 15.7. The van der Waals surface area contributed by atoms with Crippen molar-refractivity contribution in [1.82, 2.24) is 4.90 Å². The zero-order valence-electron chi connectivity index (χ0n) is 11.5. The summed E-state index contributed by atoms with van der Waals surface area (Å²) in [6, 6.07) is 5.73. The van der Waals surface area contributed by atoms with E-state index in [1.165, 1.54) is 23.1 Å². The second-order valence-electron chi connectivity index (χ2n) is 5.33. The van der Waals surface area contributed by atoms with E-state index in [0.717, 1.165) is 0 Å². The molecule has 0 bridgehead atoms. The Hall–Kier alpha value is -1.21. The fourth-order valence-corrected chi connectivity index (χ4v) is 2.88. The van der Waals surface area contributed by atoms with Gasteiger partial charge in [0.05, 0.1) is 11.2 Å². The van der Waals surface area contributed by atoms with E-state index in [1.807, 2.05) is 0 Å². The van der Waals surface area contributed by atoms with Crippen molar-refractivity contribution in [3.05, 3.63) is 29.8 Å². The Morgan fingerprint density at radius 2 is 1.86 bits per heavy atom. The van der Waals surface area contributed by atoms with Crippen LogP contribution in [0.4, 0.5) is 13.2 Å². The van der Waals surface area contributed by atoms with E-state index in [1.54, 1.807) is 13.0 Å². The van der Waals surface area contributed by atoms with Crippen LogP contribution in [0.5, 0.6) is 0 Å². The number of hydrogen-bond donors (Lipinski definition) is 1. The van der Waals surface area contributed by atoms with E-state index in [2.05, 4.69) is 0 Å². The molecule has 1 aliphatic rings. The van der Waals surface area contributed by atoms with Crippen molar-refractivity contribution < 1.29 is 23.1 Å². The molecule has 116 valence electrons. The van der Waals surface area contributed by atoms with Gasteiger partial charge in [-0.25, -0.2) is 0 Å². The predicted octanol–water partition coefficient (Wildman–Crippen LogP) is 3.29. The summed E-state index contributed by atoms with van der Waals surface area (Å²) in [6.45, 7) is 2.38. The summed E-state index contributed by atoms with van der Waals surface area (Å²) in [4.78, 5) is 13.8. The Labute approximate surface area is 125 Å². The number of benzene rings is 1. The summed E-state index contributed by atoms with van der Waals surface area (Å²) in [6.07, 6.45) is 0.848. The maximum Gasteiger partial charge on any atom is 0.446 e. The quantitative estimate of drug-likeness (QED) is 0.851. The first-order valence-electron chi connectivity index (χ1n) is 6.54. The van der Waals surface area contributed by atoms with Crippen molar-refractivity contribution >= 4 is 17.7 Å². The summed E-state index contributed by atoms with van der Waals surface area (Å²) in [5, 5.41) is 9.86. The molecular formula is C14H16F3NO2S. The Morgan fingerprint density at radius 1 is 1.29 bits per heavy atom. The lowest BCUT2D eigenvalue weighted by Crippen LogP contribution is -2.45. The molecular weight excluding hydrogens is 303 g/mol.